The zero-order valence-electron chi connectivity index (χ0n) is 16.3. The minimum absolute atomic E-state index is 0. The lowest BCUT2D eigenvalue weighted by Crippen LogP contribution is -2.41. The second kappa shape index (κ2) is 13.8. The number of carbonyl (C=O) groups is 1. The lowest BCUT2D eigenvalue weighted by molar-refractivity contribution is 0.0954. The predicted molar refractivity (Wildman–Crippen MR) is 123 cm³/mol. The van der Waals surface area contributed by atoms with Crippen molar-refractivity contribution in [2.45, 2.75) is 13.3 Å². The molecular weight excluding hydrogens is 469 g/mol. The second-order valence-corrected chi connectivity index (χ2v) is 5.74. The van der Waals surface area contributed by atoms with E-state index in [0.717, 1.165) is 30.4 Å². The molecule has 7 nitrogen and oxygen atoms in total. The Kier molecular flexibility index (Phi) is 11.6. The number of nitrogens with zero attached hydrogens (tertiary/aromatic N) is 2. The number of rotatable bonds is 9. The van der Waals surface area contributed by atoms with Gasteiger partial charge in [0.2, 0.25) is 0 Å². The summed E-state index contributed by atoms with van der Waals surface area (Å²) in [7, 11) is 1.60. The molecular formula is C20H28IN5O2. The Labute approximate surface area is 183 Å². The van der Waals surface area contributed by atoms with E-state index in [1.54, 1.807) is 37.6 Å². The number of pyridine rings is 1. The zero-order valence-corrected chi connectivity index (χ0v) is 18.6. The molecule has 0 unspecified atom stereocenters. The standard InChI is InChI=1S/C20H27N5O2.HI/c1-3-21-20(24-13-11-17-6-4-5-12-22-17)25-15-14-23-19(26)16-7-9-18(27-2)10-8-16;/h4-10,12H,3,11,13-15H2,1-2H3,(H,23,26)(H2,21,24,25);1H. The van der Waals surface area contributed by atoms with Crippen molar-refractivity contribution in [2.24, 2.45) is 4.99 Å². The molecule has 0 radical (unpaired) electrons. The number of benzene rings is 1. The Morgan fingerprint density at radius 2 is 1.82 bits per heavy atom. The lowest BCUT2D eigenvalue weighted by Gasteiger charge is -2.12. The van der Waals surface area contributed by atoms with E-state index in [4.69, 9.17) is 4.74 Å². The summed E-state index contributed by atoms with van der Waals surface area (Å²) in [5.74, 6) is 1.34. The van der Waals surface area contributed by atoms with Gasteiger partial charge in [0.15, 0.2) is 5.96 Å². The molecule has 1 aromatic carbocycles. The summed E-state index contributed by atoms with van der Waals surface area (Å²) in [5.41, 5.74) is 1.62. The monoisotopic (exact) mass is 497 g/mol. The number of ether oxygens (including phenoxy) is 1. The smallest absolute Gasteiger partial charge is 0.251 e. The molecule has 0 bridgehead atoms. The Morgan fingerprint density at radius 3 is 2.46 bits per heavy atom. The first kappa shape index (κ1) is 23.7. The Hall–Kier alpha value is -2.36. The summed E-state index contributed by atoms with van der Waals surface area (Å²) in [4.78, 5) is 20.9. The topological polar surface area (TPSA) is 87.6 Å². The van der Waals surface area contributed by atoms with Gasteiger partial charge in [-0.05, 0) is 43.3 Å². The van der Waals surface area contributed by atoms with E-state index in [-0.39, 0.29) is 29.9 Å². The van der Waals surface area contributed by atoms with Gasteiger partial charge in [0, 0.05) is 50.1 Å². The van der Waals surface area contributed by atoms with Gasteiger partial charge in [0.05, 0.1) is 7.11 Å². The van der Waals surface area contributed by atoms with Gasteiger partial charge in [0.25, 0.3) is 5.91 Å². The van der Waals surface area contributed by atoms with Crippen LogP contribution in [0.1, 0.15) is 23.0 Å². The number of hydrogen-bond donors (Lipinski definition) is 3. The first-order valence-electron chi connectivity index (χ1n) is 9.07. The van der Waals surface area contributed by atoms with Crippen LogP contribution in [0.3, 0.4) is 0 Å². The van der Waals surface area contributed by atoms with E-state index < -0.39 is 0 Å². The molecule has 1 amide bonds. The Bertz CT molecular complexity index is 723. The third kappa shape index (κ3) is 8.55. The maximum Gasteiger partial charge on any atom is 0.251 e. The fourth-order valence-electron chi connectivity index (χ4n) is 2.37. The van der Waals surface area contributed by atoms with Gasteiger partial charge >= 0.3 is 0 Å². The van der Waals surface area contributed by atoms with Crippen LogP contribution in [0.4, 0.5) is 0 Å². The highest BCUT2D eigenvalue weighted by atomic mass is 127. The summed E-state index contributed by atoms with van der Waals surface area (Å²) in [6.07, 6.45) is 2.57. The number of aliphatic imine (C=N–C) groups is 1. The van der Waals surface area contributed by atoms with Crippen molar-refractivity contribution in [2.75, 3.05) is 33.3 Å². The molecule has 2 aromatic rings. The zero-order chi connectivity index (χ0) is 19.3. The lowest BCUT2D eigenvalue weighted by atomic mass is 10.2. The predicted octanol–water partition coefficient (Wildman–Crippen LogP) is 2.24. The van der Waals surface area contributed by atoms with Gasteiger partial charge < -0.3 is 20.7 Å². The van der Waals surface area contributed by atoms with Gasteiger partial charge in [-0.1, -0.05) is 6.07 Å². The molecule has 1 heterocycles. The molecule has 8 heteroatoms. The third-order valence-corrected chi connectivity index (χ3v) is 3.76. The van der Waals surface area contributed by atoms with E-state index in [2.05, 4.69) is 25.9 Å². The van der Waals surface area contributed by atoms with Gasteiger partial charge in [-0.3, -0.25) is 14.8 Å². The number of hydrogen-bond acceptors (Lipinski definition) is 4. The average Bonchev–Trinajstić information content (AvgIpc) is 2.71. The van der Waals surface area contributed by atoms with Crippen molar-refractivity contribution in [1.29, 1.82) is 0 Å². The van der Waals surface area contributed by atoms with Gasteiger partial charge in [0.1, 0.15) is 5.75 Å². The van der Waals surface area contributed by atoms with Crippen LogP contribution in [-0.2, 0) is 6.42 Å². The van der Waals surface area contributed by atoms with Crippen LogP contribution in [-0.4, -0.2) is 50.1 Å². The molecule has 0 spiro atoms. The molecule has 0 aliphatic carbocycles. The highest BCUT2D eigenvalue weighted by Crippen LogP contribution is 2.10. The molecule has 152 valence electrons. The number of carbonyl (C=O) groups excluding carboxylic acids is 1. The summed E-state index contributed by atoms with van der Waals surface area (Å²) in [6.45, 7) is 4.51. The highest BCUT2D eigenvalue weighted by molar-refractivity contribution is 14.0. The molecule has 0 aliphatic heterocycles. The van der Waals surface area contributed by atoms with Crippen LogP contribution < -0.4 is 20.7 Å². The van der Waals surface area contributed by atoms with Crippen molar-refractivity contribution in [3.05, 3.63) is 59.9 Å². The van der Waals surface area contributed by atoms with Crippen molar-refractivity contribution in [3.8, 4) is 5.75 Å². The maximum absolute atomic E-state index is 12.1. The van der Waals surface area contributed by atoms with Crippen LogP contribution in [0.5, 0.6) is 5.75 Å². The number of aromatic nitrogens is 1. The second-order valence-electron chi connectivity index (χ2n) is 5.74. The van der Waals surface area contributed by atoms with Crippen LogP contribution in [0.15, 0.2) is 53.7 Å². The largest absolute Gasteiger partial charge is 0.497 e. The van der Waals surface area contributed by atoms with Crippen LogP contribution in [0.2, 0.25) is 0 Å². The molecule has 0 aliphatic rings. The third-order valence-electron chi connectivity index (χ3n) is 3.76. The summed E-state index contributed by atoms with van der Waals surface area (Å²) in [6, 6.07) is 12.9. The van der Waals surface area contributed by atoms with E-state index in [1.807, 2.05) is 25.1 Å². The van der Waals surface area contributed by atoms with Crippen LogP contribution >= 0.6 is 24.0 Å². The first-order valence-corrected chi connectivity index (χ1v) is 9.07. The van der Waals surface area contributed by atoms with Crippen molar-refractivity contribution in [1.82, 2.24) is 20.9 Å². The quantitative estimate of drug-likeness (QED) is 0.214. The molecule has 0 saturated carbocycles. The minimum Gasteiger partial charge on any atom is -0.497 e. The SMILES string of the molecule is CCNC(=NCCc1ccccn1)NCCNC(=O)c1ccc(OC)cc1.I. The molecule has 0 saturated heterocycles. The first-order chi connectivity index (χ1) is 13.2. The van der Waals surface area contributed by atoms with Crippen LogP contribution in [0.25, 0.3) is 0 Å². The number of nitrogens with one attached hydrogen (secondary N) is 3. The van der Waals surface area contributed by atoms with E-state index >= 15 is 0 Å². The molecule has 0 fully saturated rings. The molecule has 1 aromatic heterocycles. The van der Waals surface area contributed by atoms with Gasteiger partial charge in [-0.25, -0.2) is 0 Å². The summed E-state index contributed by atoms with van der Waals surface area (Å²) >= 11 is 0. The molecule has 28 heavy (non-hydrogen) atoms. The minimum atomic E-state index is -0.114. The highest BCUT2D eigenvalue weighted by Gasteiger charge is 2.05. The van der Waals surface area contributed by atoms with E-state index in [9.17, 15) is 4.79 Å². The number of guanidine groups is 1. The molecule has 2 rings (SSSR count). The van der Waals surface area contributed by atoms with Gasteiger partial charge in [-0.15, -0.1) is 24.0 Å². The summed E-state index contributed by atoms with van der Waals surface area (Å²) < 4.78 is 5.09. The van der Waals surface area contributed by atoms with Crippen molar-refractivity contribution < 1.29 is 9.53 Å². The molecule has 0 atom stereocenters. The Morgan fingerprint density at radius 1 is 1.07 bits per heavy atom. The van der Waals surface area contributed by atoms with E-state index in [0.29, 0.717) is 25.2 Å². The number of amides is 1. The number of methoxy groups -OCH3 is 1. The van der Waals surface area contributed by atoms with Crippen molar-refractivity contribution >= 4 is 35.8 Å². The average molecular weight is 497 g/mol. The summed E-state index contributed by atoms with van der Waals surface area (Å²) in [5, 5.41) is 9.29. The Balaban J connectivity index is 0.00000392. The fourth-order valence-corrected chi connectivity index (χ4v) is 2.37. The van der Waals surface area contributed by atoms with E-state index in [1.165, 1.54) is 0 Å². The number of halogens is 1. The van der Waals surface area contributed by atoms with Crippen molar-refractivity contribution in [3.63, 3.8) is 0 Å². The fraction of sp³-hybridized carbons (Fsp3) is 0.350. The van der Waals surface area contributed by atoms with Crippen LogP contribution in [0, 0.1) is 0 Å². The molecule has 3 N–H and O–H groups in total. The maximum atomic E-state index is 12.1. The normalized spacial score (nSPS) is 10.6. The van der Waals surface area contributed by atoms with Gasteiger partial charge in [-0.2, -0.15) is 0 Å².